The van der Waals surface area contributed by atoms with Crippen molar-refractivity contribution in [3.63, 3.8) is 0 Å². The van der Waals surface area contributed by atoms with Crippen molar-refractivity contribution in [1.29, 1.82) is 0 Å². The van der Waals surface area contributed by atoms with Crippen molar-refractivity contribution in [2.45, 2.75) is 9.96 Å². The Labute approximate surface area is 211 Å². The Kier molecular flexibility index (Phi) is 9.02. The van der Waals surface area contributed by atoms with Gasteiger partial charge in [-0.2, -0.15) is 0 Å². The topological polar surface area (TPSA) is 66.1 Å². The Morgan fingerprint density at radius 3 is 2.56 bits per heavy atom. The summed E-state index contributed by atoms with van der Waals surface area (Å²) in [6, 6.07) is 19.1. The fourth-order valence-electron chi connectivity index (χ4n) is 2.69. The van der Waals surface area contributed by atoms with Crippen LogP contribution in [0.2, 0.25) is 0 Å². The number of fused-ring (bicyclic) bond motifs is 1. The summed E-state index contributed by atoms with van der Waals surface area (Å²) in [4.78, 5) is 17.1. The summed E-state index contributed by atoms with van der Waals surface area (Å²) in [5.74, 6) is -0.0426. The maximum absolute atomic E-state index is 12.3. The van der Waals surface area contributed by atoms with Crippen molar-refractivity contribution in [3.8, 4) is 0 Å². The van der Waals surface area contributed by atoms with Crippen molar-refractivity contribution >= 4 is 92.5 Å². The number of halogens is 3. The van der Waals surface area contributed by atoms with Gasteiger partial charge in [0.25, 0.3) is 0 Å². The van der Waals surface area contributed by atoms with Gasteiger partial charge in [-0.25, -0.2) is 0 Å². The van der Waals surface area contributed by atoms with Gasteiger partial charge in [0.15, 0.2) is 0 Å². The highest BCUT2D eigenvalue weighted by Crippen LogP contribution is 2.29. The second-order valence-electron chi connectivity index (χ2n) is 6.57. The summed E-state index contributed by atoms with van der Waals surface area (Å²) < 4.78 is 1.43. The number of benzene rings is 2. The molecule has 1 atom stereocenters. The summed E-state index contributed by atoms with van der Waals surface area (Å²) >= 11 is 24.8. The molecule has 1 unspecified atom stereocenters. The zero-order chi connectivity index (χ0) is 23.0. The van der Waals surface area contributed by atoms with E-state index in [2.05, 4.69) is 20.3 Å². The minimum Gasteiger partial charge on any atom is -0.356 e. The van der Waals surface area contributed by atoms with Crippen LogP contribution in [0.4, 0.5) is 5.69 Å². The number of carbonyl (C=O) groups is 1. The molecule has 3 aromatic rings. The van der Waals surface area contributed by atoms with Crippen molar-refractivity contribution < 1.29 is 4.79 Å². The number of hydrogen-bond acceptors (Lipinski definition) is 5. The van der Waals surface area contributed by atoms with Crippen LogP contribution in [-0.4, -0.2) is 31.6 Å². The number of nitrogens with zero attached hydrogens (tertiary/aromatic N) is 1. The Morgan fingerprint density at radius 2 is 1.81 bits per heavy atom. The van der Waals surface area contributed by atoms with Crippen molar-refractivity contribution in [3.05, 3.63) is 78.5 Å². The summed E-state index contributed by atoms with van der Waals surface area (Å²) in [5.41, 5.74) is 2.60. The first kappa shape index (κ1) is 24.6. The monoisotopic (exact) mass is 524 g/mol. The van der Waals surface area contributed by atoms with Gasteiger partial charge in [-0.05, 0) is 35.7 Å². The van der Waals surface area contributed by atoms with Crippen LogP contribution in [0.1, 0.15) is 5.56 Å². The van der Waals surface area contributed by atoms with E-state index < -0.39 is 15.9 Å². The van der Waals surface area contributed by atoms with E-state index in [0.29, 0.717) is 10.7 Å². The van der Waals surface area contributed by atoms with Gasteiger partial charge in [0.05, 0.1) is 21.9 Å². The predicted molar refractivity (Wildman–Crippen MR) is 141 cm³/mol. The number of pyridine rings is 1. The Bertz CT molecular complexity index is 1100. The van der Waals surface area contributed by atoms with Gasteiger partial charge in [0, 0.05) is 17.7 Å². The lowest BCUT2D eigenvalue weighted by Gasteiger charge is -2.27. The van der Waals surface area contributed by atoms with Crippen molar-refractivity contribution in [2.24, 2.45) is 0 Å². The van der Waals surface area contributed by atoms with Gasteiger partial charge < -0.3 is 15.4 Å². The summed E-state index contributed by atoms with van der Waals surface area (Å²) in [6.07, 6.45) is 3.77. The first-order chi connectivity index (χ1) is 15.3. The fourth-order valence-corrected chi connectivity index (χ4v) is 3.92. The molecule has 0 radical (unpaired) electrons. The molecule has 2 aromatic carbocycles. The normalized spacial score (nSPS) is 12.5. The molecule has 10 heteroatoms. The maximum atomic E-state index is 12.3. The van der Waals surface area contributed by atoms with Crippen LogP contribution >= 0.6 is 59.0 Å². The molecule has 0 bridgehead atoms. The Balaban J connectivity index is 1.54. The first-order valence-electron chi connectivity index (χ1n) is 9.44. The summed E-state index contributed by atoms with van der Waals surface area (Å²) in [7, 11) is 0. The number of thiocarbonyl (C=S) groups is 1. The highest BCUT2D eigenvalue weighted by molar-refractivity contribution is 8.02. The van der Waals surface area contributed by atoms with Crippen LogP contribution in [0, 0.1) is 0 Å². The van der Waals surface area contributed by atoms with E-state index in [4.69, 9.17) is 47.0 Å². The van der Waals surface area contributed by atoms with Gasteiger partial charge in [-0.15, -0.1) is 0 Å². The number of hydrogen-bond donors (Lipinski definition) is 3. The summed E-state index contributed by atoms with van der Waals surface area (Å²) in [5, 5.41) is 6.56. The quantitative estimate of drug-likeness (QED) is 0.115. The lowest BCUT2D eigenvalue weighted by molar-refractivity contribution is -0.117. The molecule has 3 N–H and O–H groups in total. The average molecular weight is 526 g/mol. The Morgan fingerprint density at radius 1 is 1.06 bits per heavy atom. The molecule has 32 heavy (non-hydrogen) atoms. The molecule has 166 valence electrons. The number of amides is 1. The number of aromatic nitrogens is 1. The van der Waals surface area contributed by atoms with Crippen LogP contribution in [0.3, 0.4) is 0 Å². The number of para-hydroxylation sites is 1. The first-order valence-corrected chi connectivity index (χ1v) is 12.0. The lowest BCUT2D eigenvalue weighted by Crippen LogP contribution is -2.55. The number of nitrogens with one attached hydrogen (secondary N) is 3. The van der Waals surface area contributed by atoms with Gasteiger partial charge in [-0.1, -0.05) is 95.6 Å². The van der Waals surface area contributed by atoms with E-state index in [0.717, 1.165) is 22.2 Å². The van der Waals surface area contributed by atoms with Crippen LogP contribution in [0.5, 0.6) is 0 Å². The smallest absolute Gasteiger partial charge is 0.245 e. The minimum absolute atomic E-state index is 0.380. The third-order valence-corrected chi connectivity index (χ3v) is 6.06. The van der Waals surface area contributed by atoms with E-state index in [9.17, 15) is 4.79 Å². The molecule has 1 amide bonds. The van der Waals surface area contributed by atoms with Crippen molar-refractivity contribution in [1.82, 2.24) is 15.6 Å². The van der Waals surface area contributed by atoms with Gasteiger partial charge in [0.1, 0.15) is 6.17 Å². The summed E-state index contributed by atoms with van der Waals surface area (Å²) in [6.45, 7) is 0. The highest BCUT2D eigenvalue weighted by Gasteiger charge is 2.34. The molecule has 0 fully saturated rings. The van der Waals surface area contributed by atoms with E-state index in [1.54, 1.807) is 12.3 Å². The predicted octanol–water partition coefficient (Wildman–Crippen LogP) is 5.74. The number of anilines is 1. The molecule has 1 heterocycles. The van der Waals surface area contributed by atoms with Crippen LogP contribution in [0.15, 0.2) is 72.9 Å². The SMILES string of the molecule is O=C(C=Cc1ccccc1)NC(NC(=S)CSNc1cccc2cccnc12)C(Cl)(Cl)Cl. The van der Waals surface area contributed by atoms with E-state index in [-0.39, 0.29) is 0 Å². The second-order valence-corrected chi connectivity index (χ2v) is 10.2. The average Bonchev–Trinajstić information content (AvgIpc) is 2.77. The number of rotatable bonds is 8. The maximum Gasteiger partial charge on any atom is 0.245 e. The van der Waals surface area contributed by atoms with E-state index >= 15 is 0 Å². The lowest BCUT2D eigenvalue weighted by atomic mass is 10.2. The van der Waals surface area contributed by atoms with Crippen LogP contribution < -0.4 is 15.4 Å². The second kappa shape index (κ2) is 11.7. The zero-order valence-corrected chi connectivity index (χ0v) is 20.5. The molecule has 0 aliphatic rings. The number of alkyl halides is 3. The molecule has 0 saturated heterocycles. The molecule has 3 rings (SSSR count). The zero-order valence-electron chi connectivity index (χ0n) is 16.6. The number of carbonyl (C=O) groups excluding carboxylic acids is 1. The molecular weight excluding hydrogens is 507 g/mol. The highest BCUT2D eigenvalue weighted by atomic mass is 35.6. The third kappa shape index (κ3) is 7.53. The fraction of sp³-hybridized carbons (Fsp3) is 0.136. The molecular formula is C22H19Cl3N4OS2. The minimum atomic E-state index is -1.81. The molecule has 1 aromatic heterocycles. The van der Waals surface area contributed by atoms with Gasteiger partial charge in [0.2, 0.25) is 9.70 Å². The molecule has 0 saturated carbocycles. The van der Waals surface area contributed by atoms with Crippen molar-refractivity contribution in [2.75, 3.05) is 10.5 Å². The molecule has 0 aliphatic carbocycles. The van der Waals surface area contributed by atoms with Crippen LogP contribution in [-0.2, 0) is 4.79 Å². The van der Waals surface area contributed by atoms with Gasteiger partial charge in [-0.3, -0.25) is 9.78 Å². The third-order valence-electron chi connectivity index (χ3n) is 4.16. The molecule has 0 aliphatic heterocycles. The van der Waals surface area contributed by atoms with E-state index in [1.807, 2.05) is 60.7 Å². The largest absolute Gasteiger partial charge is 0.356 e. The standard InChI is InChI=1S/C22H19Cl3N4OS2/c23-22(24,25)21(27-18(30)12-11-15-6-2-1-3-7-15)28-19(31)14-32-29-17-10-4-8-16-9-5-13-26-20(16)17/h1-13,21,29H,14H2,(H,27,30)(H,28,31). The van der Waals surface area contributed by atoms with E-state index in [1.165, 1.54) is 18.0 Å². The van der Waals surface area contributed by atoms with Gasteiger partial charge >= 0.3 is 0 Å². The van der Waals surface area contributed by atoms with Crippen LogP contribution in [0.25, 0.3) is 17.0 Å². The Hall–Kier alpha value is -2.03. The molecule has 5 nitrogen and oxygen atoms in total. The molecule has 0 spiro atoms.